The van der Waals surface area contributed by atoms with Crippen molar-refractivity contribution in [1.82, 2.24) is 31.1 Å². The lowest BCUT2D eigenvalue weighted by Crippen LogP contribution is -2.44. The van der Waals surface area contributed by atoms with Gasteiger partial charge in [0.25, 0.3) is 0 Å². The number of amides is 6. The standard InChI is InChI=1S/C18H35N3O5.C12H21Cl2N3O3/c1-8-9-14(22)21(12-10-19-15(23)25-17(2,3)4)13-11-20-16(24)26-18(5,6)7;1-2-3-12(20)17(6-4-15-10(18)8-13)7-5-16-11(19)9-14/h8-13H2,1-7H3,(H,19,23)(H,20,24);2-9H2,1H3,(H,15,18)(H,16,19). The number of halogens is 2. The van der Waals surface area contributed by atoms with Gasteiger partial charge in [0, 0.05) is 65.2 Å². The summed E-state index contributed by atoms with van der Waals surface area (Å²) < 4.78 is 10.3. The van der Waals surface area contributed by atoms with Crippen molar-refractivity contribution >= 4 is 59.0 Å². The topological polar surface area (TPSA) is 175 Å². The van der Waals surface area contributed by atoms with Gasteiger partial charge >= 0.3 is 12.2 Å². The molecule has 0 aromatic heterocycles. The lowest BCUT2D eigenvalue weighted by molar-refractivity contribution is -0.132. The maximum Gasteiger partial charge on any atom is 0.407 e. The first kappa shape index (κ1) is 45.1. The fourth-order valence-electron chi connectivity index (χ4n) is 3.44. The molecule has 0 aromatic rings. The Bertz CT molecular complexity index is 885. The number of alkyl halides is 2. The van der Waals surface area contributed by atoms with Crippen LogP contribution in [0.2, 0.25) is 0 Å². The minimum absolute atomic E-state index is 0.00672. The first-order chi connectivity index (χ1) is 21.4. The van der Waals surface area contributed by atoms with E-state index in [0.29, 0.717) is 52.1 Å². The van der Waals surface area contributed by atoms with Gasteiger partial charge in [0.2, 0.25) is 23.6 Å². The van der Waals surface area contributed by atoms with Crippen LogP contribution in [0.4, 0.5) is 9.59 Å². The summed E-state index contributed by atoms with van der Waals surface area (Å²) >= 11 is 10.7. The van der Waals surface area contributed by atoms with Crippen molar-refractivity contribution < 1.29 is 38.2 Å². The molecule has 16 heteroatoms. The number of carbonyl (C=O) groups excluding carboxylic acids is 6. The molecule has 0 heterocycles. The van der Waals surface area contributed by atoms with Crippen molar-refractivity contribution in [2.45, 2.75) is 92.3 Å². The van der Waals surface area contributed by atoms with Crippen molar-refractivity contribution in [3.05, 3.63) is 0 Å². The van der Waals surface area contributed by atoms with Gasteiger partial charge in [-0.1, -0.05) is 13.8 Å². The molecule has 0 aliphatic rings. The molecular weight excluding hydrogens is 643 g/mol. The predicted octanol–water partition coefficient (Wildman–Crippen LogP) is 2.99. The smallest absolute Gasteiger partial charge is 0.407 e. The predicted molar refractivity (Wildman–Crippen MR) is 179 cm³/mol. The summed E-state index contributed by atoms with van der Waals surface area (Å²) in [6.45, 7) is 17.2. The zero-order valence-electron chi connectivity index (χ0n) is 28.8. The van der Waals surface area contributed by atoms with Crippen LogP contribution in [0, 0.1) is 0 Å². The number of nitrogens with one attached hydrogen (secondary N) is 4. The molecular formula is C30H56Cl2N6O8. The lowest BCUT2D eigenvalue weighted by Gasteiger charge is -2.25. The highest BCUT2D eigenvalue weighted by atomic mass is 35.5. The third-order valence-electron chi connectivity index (χ3n) is 5.38. The maximum atomic E-state index is 12.2. The number of ether oxygens (including phenoxy) is 2. The van der Waals surface area contributed by atoms with Crippen LogP contribution in [0.1, 0.15) is 81.1 Å². The van der Waals surface area contributed by atoms with E-state index in [0.717, 1.165) is 12.8 Å². The normalized spacial score (nSPS) is 10.8. The van der Waals surface area contributed by atoms with Gasteiger partial charge in [-0.3, -0.25) is 19.2 Å². The molecule has 0 atom stereocenters. The van der Waals surface area contributed by atoms with E-state index in [1.165, 1.54) is 0 Å². The Morgan fingerprint density at radius 3 is 1.07 bits per heavy atom. The van der Waals surface area contributed by atoms with Gasteiger partial charge in [-0.15, -0.1) is 23.2 Å². The van der Waals surface area contributed by atoms with E-state index in [1.54, 1.807) is 51.3 Å². The lowest BCUT2D eigenvalue weighted by atomic mass is 10.2. The molecule has 0 rings (SSSR count). The summed E-state index contributed by atoms with van der Waals surface area (Å²) in [5.41, 5.74) is -1.14. The second kappa shape index (κ2) is 25.1. The first-order valence-corrected chi connectivity index (χ1v) is 16.6. The quantitative estimate of drug-likeness (QED) is 0.158. The van der Waals surface area contributed by atoms with Gasteiger partial charge in [-0.05, 0) is 54.4 Å². The summed E-state index contributed by atoms with van der Waals surface area (Å²) in [6, 6.07) is 0. The molecule has 0 aliphatic heterocycles. The Kier molecular flexibility index (Phi) is 24.7. The fourth-order valence-corrected chi connectivity index (χ4v) is 3.62. The molecule has 0 fully saturated rings. The number of rotatable bonds is 18. The van der Waals surface area contributed by atoms with Gasteiger partial charge in [0.1, 0.15) is 23.0 Å². The van der Waals surface area contributed by atoms with Crippen LogP contribution in [0.25, 0.3) is 0 Å². The number of hydrogen-bond donors (Lipinski definition) is 4. The van der Waals surface area contributed by atoms with Crippen LogP contribution >= 0.6 is 23.2 Å². The molecule has 4 N–H and O–H groups in total. The largest absolute Gasteiger partial charge is 0.444 e. The van der Waals surface area contributed by atoms with Gasteiger partial charge in [-0.25, -0.2) is 9.59 Å². The molecule has 14 nitrogen and oxygen atoms in total. The third kappa shape index (κ3) is 27.3. The highest BCUT2D eigenvalue weighted by molar-refractivity contribution is 6.27. The molecule has 0 unspecified atom stereocenters. The van der Waals surface area contributed by atoms with Gasteiger partial charge < -0.3 is 40.5 Å². The van der Waals surface area contributed by atoms with Crippen LogP contribution in [-0.2, 0) is 28.7 Å². The summed E-state index contributed by atoms with van der Waals surface area (Å²) in [6.07, 6.45) is 1.29. The van der Waals surface area contributed by atoms with Crippen LogP contribution in [-0.4, -0.2) is 121 Å². The molecule has 268 valence electrons. The highest BCUT2D eigenvalue weighted by Crippen LogP contribution is 2.07. The SMILES string of the molecule is CCCC(=O)N(CCNC(=O)CCl)CCNC(=O)CCl.CCCC(=O)N(CCNC(=O)OC(C)(C)C)CCNC(=O)OC(C)(C)C. The molecule has 0 spiro atoms. The van der Waals surface area contributed by atoms with Crippen molar-refractivity contribution in [3.8, 4) is 0 Å². The molecule has 0 saturated carbocycles. The highest BCUT2D eigenvalue weighted by Gasteiger charge is 2.19. The summed E-state index contributed by atoms with van der Waals surface area (Å²) in [5, 5.41) is 10.5. The Hall–Kier alpha value is -3.00. The van der Waals surface area contributed by atoms with Crippen LogP contribution in [0.15, 0.2) is 0 Å². The Labute approximate surface area is 284 Å². The number of hydrogen-bond acceptors (Lipinski definition) is 8. The van der Waals surface area contributed by atoms with E-state index in [-0.39, 0.29) is 48.5 Å². The third-order valence-corrected chi connectivity index (χ3v) is 5.87. The zero-order valence-corrected chi connectivity index (χ0v) is 30.3. The molecule has 0 bridgehead atoms. The van der Waals surface area contributed by atoms with Crippen molar-refractivity contribution in [3.63, 3.8) is 0 Å². The summed E-state index contributed by atoms with van der Waals surface area (Å²) in [4.78, 5) is 72.6. The minimum Gasteiger partial charge on any atom is -0.444 e. The van der Waals surface area contributed by atoms with Crippen LogP contribution in [0.3, 0.4) is 0 Å². The van der Waals surface area contributed by atoms with E-state index in [4.69, 9.17) is 32.7 Å². The van der Waals surface area contributed by atoms with E-state index in [1.807, 2.05) is 13.8 Å². The maximum absolute atomic E-state index is 12.2. The molecule has 46 heavy (non-hydrogen) atoms. The number of nitrogens with zero attached hydrogens (tertiary/aromatic N) is 2. The van der Waals surface area contributed by atoms with E-state index in [2.05, 4.69) is 21.3 Å². The Morgan fingerprint density at radius 2 is 0.826 bits per heavy atom. The van der Waals surface area contributed by atoms with Gasteiger partial charge in [0.15, 0.2) is 0 Å². The van der Waals surface area contributed by atoms with E-state index >= 15 is 0 Å². The molecule has 0 saturated heterocycles. The van der Waals surface area contributed by atoms with E-state index < -0.39 is 23.4 Å². The summed E-state index contributed by atoms with van der Waals surface area (Å²) in [5.74, 6) is -0.782. The average molecular weight is 700 g/mol. The van der Waals surface area contributed by atoms with Crippen LogP contribution < -0.4 is 21.3 Å². The Balaban J connectivity index is 0. The van der Waals surface area contributed by atoms with E-state index in [9.17, 15) is 28.8 Å². The van der Waals surface area contributed by atoms with Crippen molar-refractivity contribution in [2.75, 3.05) is 64.1 Å². The molecule has 6 amide bonds. The second-order valence-corrected chi connectivity index (χ2v) is 12.6. The fraction of sp³-hybridized carbons (Fsp3) is 0.800. The number of carbonyl (C=O) groups is 6. The minimum atomic E-state index is -0.570. The zero-order chi connectivity index (χ0) is 35.8. The van der Waals surface area contributed by atoms with Gasteiger partial charge in [-0.2, -0.15) is 0 Å². The first-order valence-electron chi connectivity index (χ1n) is 15.5. The molecule has 0 radical (unpaired) electrons. The monoisotopic (exact) mass is 698 g/mol. The van der Waals surface area contributed by atoms with Crippen molar-refractivity contribution in [1.29, 1.82) is 0 Å². The molecule has 0 aromatic carbocycles. The summed E-state index contributed by atoms with van der Waals surface area (Å²) in [7, 11) is 0. The second-order valence-electron chi connectivity index (χ2n) is 12.1. The average Bonchev–Trinajstić information content (AvgIpc) is 2.93. The Morgan fingerprint density at radius 1 is 0.543 bits per heavy atom. The van der Waals surface area contributed by atoms with Crippen molar-refractivity contribution in [2.24, 2.45) is 0 Å². The molecule has 0 aliphatic carbocycles. The number of alkyl carbamates (subject to hydrolysis) is 2. The van der Waals surface area contributed by atoms with Crippen LogP contribution in [0.5, 0.6) is 0 Å². The van der Waals surface area contributed by atoms with Gasteiger partial charge in [0.05, 0.1) is 0 Å².